The van der Waals surface area contributed by atoms with Crippen LogP contribution in [0.2, 0.25) is 0 Å². The highest BCUT2D eigenvalue weighted by molar-refractivity contribution is 6.16. The van der Waals surface area contributed by atoms with Gasteiger partial charge in [-0.1, -0.05) is 60.7 Å². The van der Waals surface area contributed by atoms with E-state index in [0.717, 1.165) is 27.2 Å². The van der Waals surface area contributed by atoms with E-state index in [1.165, 1.54) is 0 Å². The second kappa shape index (κ2) is 8.67. The molecule has 3 aromatic carbocycles. The normalized spacial score (nSPS) is 14.6. The largest absolute Gasteiger partial charge is 0.329 e. The number of rotatable bonds is 5. The van der Waals surface area contributed by atoms with Gasteiger partial charge < -0.3 is 10.6 Å². The number of hydrogen-bond donors (Lipinski definition) is 2. The lowest BCUT2D eigenvalue weighted by Gasteiger charge is -2.12. The number of urea groups is 1. The summed E-state index contributed by atoms with van der Waals surface area (Å²) in [5.74, 6) is -0.976. The van der Waals surface area contributed by atoms with Crippen LogP contribution in [0.3, 0.4) is 0 Å². The fraction of sp³-hybridized carbons (Fsp3) is 0.0800. The van der Waals surface area contributed by atoms with Crippen molar-refractivity contribution in [3.63, 3.8) is 0 Å². The van der Waals surface area contributed by atoms with E-state index < -0.39 is 17.8 Å². The summed E-state index contributed by atoms with van der Waals surface area (Å²) in [6.45, 7) is 1.55. The molecule has 0 saturated carbocycles. The van der Waals surface area contributed by atoms with Gasteiger partial charge in [-0.3, -0.25) is 9.59 Å². The molecule has 1 heterocycles. The molecule has 1 saturated heterocycles. The number of imide groups is 1. The van der Waals surface area contributed by atoms with Crippen LogP contribution in [-0.2, 0) is 9.59 Å². The molecule has 1 fully saturated rings. The first-order chi connectivity index (χ1) is 15.0. The summed E-state index contributed by atoms with van der Waals surface area (Å²) in [5, 5.41) is 5.27. The Balaban J connectivity index is 1.48. The number of amides is 4. The average Bonchev–Trinajstić information content (AvgIpc) is 3.02. The van der Waals surface area contributed by atoms with Crippen molar-refractivity contribution in [3.8, 4) is 11.1 Å². The summed E-state index contributed by atoms with van der Waals surface area (Å²) in [4.78, 5) is 38.2. The van der Waals surface area contributed by atoms with Crippen molar-refractivity contribution in [2.24, 2.45) is 0 Å². The smallest absolute Gasteiger partial charge is 0.325 e. The van der Waals surface area contributed by atoms with Gasteiger partial charge in [0.1, 0.15) is 12.2 Å². The van der Waals surface area contributed by atoms with Crippen molar-refractivity contribution in [3.05, 3.63) is 95.7 Å². The van der Waals surface area contributed by atoms with E-state index >= 15 is 0 Å². The van der Waals surface area contributed by atoms with Crippen LogP contribution < -0.4 is 10.6 Å². The Morgan fingerprint density at radius 3 is 2.45 bits per heavy atom. The van der Waals surface area contributed by atoms with E-state index in [1.54, 1.807) is 12.1 Å². The van der Waals surface area contributed by atoms with Crippen LogP contribution in [0.25, 0.3) is 17.2 Å². The van der Waals surface area contributed by atoms with E-state index in [2.05, 4.69) is 10.6 Å². The summed E-state index contributed by atoms with van der Waals surface area (Å²) in [7, 11) is 0. The number of nitrogens with one attached hydrogen (secondary N) is 2. The molecule has 154 valence electrons. The van der Waals surface area contributed by atoms with Crippen LogP contribution in [0.1, 0.15) is 11.1 Å². The highest BCUT2D eigenvalue weighted by Gasteiger charge is 2.34. The molecule has 3 aromatic rings. The van der Waals surface area contributed by atoms with Crippen LogP contribution in [-0.4, -0.2) is 29.3 Å². The van der Waals surface area contributed by atoms with Crippen molar-refractivity contribution in [2.75, 3.05) is 11.9 Å². The van der Waals surface area contributed by atoms with Crippen molar-refractivity contribution < 1.29 is 14.4 Å². The highest BCUT2D eigenvalue weighted by atomic mass is 16.2. The third-order valence-electron chi connectivity index (χ3n) is 4.87. The lowest BCUT2D eigenvalue weighted by atomic mass is 10.0. The number of carbonyl (C=O) groups is 3. The van der Waals surface area contributed by atoms with Crippen LogP contribution in [0.4, 0.5) is 10.5 Å². The molecule has 1 aliphatic heterocycles. The molecule has 0 aliphatic carbocycles. The Labute approximate surface area is 180 Å². The summed E-state index contributed by atoms with van der Waals surface area (Å²) in [6, 6.07) is 24.2. The third kappa shape index (κ3) is 4.70. The molecule has 2 N–H and O–H groups in total. The minimum atomic E-state index is -0.616. The van der Waals surface area contributed by atoms with Gasteiger partial charge in [-0.25, -0.2) is 9.69 Å². The van der Waals surface area contributed by atoms with Crippen LogP contribution in [0.15, 0.2) is 84.6 Å². The Morgan fingerprint density at radius 2 is 1.68 bits per heavy atom. The summed E-state index contributed by atoms with van der Waals surface area (Å²) < 4.78 is 0. The molecule has 0 aromatic heterocycles. The lowest BCUT2D eigenvalue weighted by Crippen LogP contribution is -2.38. The molecular weight excluding hydrogens is 390 g/mol. The molecule has 4 amide bonds. The van der Waals surface area contributed by atoms with E-state index in [9.17, 15) is 14.4 Å². The van der Waals surface area contributed by atoms with Crippen molar-refractivity contribution in [1.29, 1.82) is 0 Å². The van der Waals surface area contributed by atoms with Crippen LogP contribution >= 0.6 is 0 Å². The maximum Gasteiger partial charge on any atom is 0.329 e. The molecule has 4 rings (SSSR count). The Morgan fingerprint density at radius 1 is 0.935 bits per heavy atom. The Bertz CT molecular complexity index is 1190. The zero-order valence-electron chi connectivity index (χ0n) is 17.0. The number of hydrogen-bond acceptors (Lipinski definition) is 3. The zero-order valence-corrected chi connectivity index (χ0v) is 17.0. The molecule has 31 heavy (non-hydrogen) atoms. The van der Waals surface area contributed by atoms with E-state index in [1.807, 2.05) is 79.7 Å². The first kappa shape index (κ1) is 20.1. The predicted octanol–water partition coefficient (Wildman–Crippen LogP) is 4.19. The average molecular weight is 411 g/mol. The summed E-state index contributed by atoms with van der Waals surface area (Å²) in [5.41, 5.74) is 4.58. The van der Waals surface area contributed by atoms with Crippen LogP contribution in [0.5, 0.6) is 0 Å². The number of carbonyl (C=O) groups excluding carboxylic acids is 3. The fourth-order valence-corrected chi connectivity index (χ4v) is 3.39. The summed E-state index contributed by atoms with van der Waals surface area (Å²) in [6.07, 6.45) is 1.62. The van der Waals surface area contributed by atoms with Crippen LogP contribution in [0, 0.1) is 6.92 Å². The molecule has 0 unspecified atom stereocenters. The molecule has 0 spiro atoms. The summed E-state index contributed by atoms with van der Waals surface area (Å²) >= 11 is 0. The van der Waals surface area contributed by atoms with Gasteiger partial charge in [-0.05, 0) is 53.5 Å². The van der Waals surface area contributed by atoms with E-state index in [0.29, 0.717) is 5.69 Å². The second-order valence-corrected chi connectivity index (χ2v) is 7.29. The topological polar surface area (TPSA) is 78.5 Å². The molecule has 6 nitrogen and oxygen atoms in total. The molecule has 6 heteroatoms. The van der Waals surface area contributed by atoms with Crippen molar-refractivity contribution in [1.82, 2.24) is 10.2 Å². The van der Waals surface area contributed by atoms with Gasteiger partial charge in [0.25, 0.3) is 5.91 Å². The maximum atomic E-state index is 12.7. The Hall–Kier alpha value is -4.19. The number of nitrogens with zero attached hydrogens (tertiary/aromatic N) is 1. The number of benzene rings is 3. The number of aryl methyl sites for hydroxylation is 1. The monoisotopic (exact) mass is 411 g/mol. The van der Waals surface area contributed by atoms with Gasteiger partial charge in [0.05, 0.1) is 0 Å². The molecule has 0 radical (unpaired) electrons. The van der Waals surface area contributed by atoms with E-state index in [4.69, 9.17) is 0 Å². The van der Waals surface area contributed by atoms with Gasteiger partial charge in [-0.15, -0.1) is 0 Å². The third-order valence-corrected chi connectivity index (χ3v) is 4.87. The fourth-order valence-electron chi connectivity index (χ4n) is 3.39. The molecule has 0 bridgehead atoms. The maximum absolute atomic E-state index is 12.7. The lowest BCUT2D eigenvalue weighted by molar-refractivity contribution is -0.127. The Kier molecular flexibility index (Phi) is 5.62. The first-order valence-electron chi connectivity index (χ1n) is 9.86. The van der Waals surface area contributed by atoms with Gasteiger partial charge in [0.15, 0.2) is 0 Å². The molecule has 1 aliphatic rings. The SMILES string of the molecule is Cc1cccc(NC(=O)CN2C(=O)NC(=Cc3cccc(-c4ccccc4)c3)C2=O)c1. The number of anilines is 1. The predicted molar refractivity (Wildman–Crippen MR) is 120 cm³/mol. The van der Waals surface area contributed by atoms with Crippen molar-refractivity contribution >= 4 is 29.6 Å². The molecular formula is C25H21N3O3. The van der Waals surface area contributed by atoms with Gasteiger partial charge in [0, 0.05) is 5.69 Å². The van der Waals surface area contributed by atoms with Gasteiger partial charge >= 0.3 is 6.03 Å². The minimum absolute atomic E-state index is 0.138. The zero-order chi connectivity index (χ0) is 21.8. The minimum Gasteiger partial charge on any atom is -0.325 e. The van der Waals surface area contributed by atoms with Gasteiger partial charge in [0.2, 0.25) is 5.91 Å². The quantitative estimate of drug-likeness (QED) is 0.488. The standard InChI is InChI=1S/C25H21N3O3/c1-17-7-5-12-21(13-17)26-23(29)16-28-24(30)22(27-25(28)31)15-18-8-6-11-20(14-18)19-9-3-2-4-10-19/h2-15H,16H2,1H3,(H,26,29)(H,27,31). The first-order valence-corrected chi connectivity index (χ1v) is 9.86. The van der Waals surface area contributed by atoms with Gasteiger partial charge in [-0.2, -0.15) is 0 Å². The molecule has 0 atom stereocenters. The van der Waals surface area contributed by atoms with Crippen molar-refractivity contribution in [2.45, 2.75) is 6.92 Å². The highest BCUT2D eigenvalue weighted by Crippen LogP contribution is 2.22. The second-order valence-electron chi connectivity index (χ2n) is 7.29. The van der Waals surface area contributed by atoms with E-state index in [-0.39, 0.29) is 12.2 Å².